The summed E-state index contributed by atoms with van der Waals surface area (Å²) < 4.78 is 10.3. The van der Waals surface area contributed by atoms with Gasteiger partial charge in [-0.3, -0.25) is 9.59 Å². The lowest BCUT2D eigenvalue weighted by Crippen LogP contribution is -2.40. The molecule has 0 radical (unpaired) electrons. The molecule has 7 heteroatoms. The Balaban J connectivity index is 1.75. The smallest absolute Gasteiger partial charge is 0.306 e. The minimum atomic E-state index is -0.385. The van der Waals surface area contributed by atoms with Gasteiger partial charge in [-0.25, -0.2) is 0 Å². The van der Waals surface area contributed by atoms with E-state index in [4.69, 9.17) is 21.1 Å². The van der Waals surface area contributed by atoms with E-state index in [1.165, 1.54) is 12.7 Å². The predicted molar refractivity (Wildman–Crippen MR) is 119 cm³/mol. The van der Waals surface area contributed by atoms with Crippen molar-refractivity contribution in [2.24, 2.45) is 0 Å². The van der Waals surface area contributed by atoms with Gasteiger partial charge in [-0.05, 0) is 54.8 Å². The average Bonchev–Trinajstić information content (AvgIpc) is 3.15. The Morgan fingerprint density at radius 1 is 1.16 bits per heavy atom. The van der Waals surface area contributed by atoms with Crippen LogP contribution in [-0.2, 0) is 20.7 Å². The van der Waals surface area contributed by atoms with Gasteiger partial charge in [0.05, 0.1) is 26.2 Å². The zero-order valence-electron chi connectivity index (χ0n) is 17.6. The van der Waals surface area contributed by atoms with Crippen molar-refractivity contribution in [2.45, 2.75) is 32.2 Å². The lowest BCUT2D eigenvalue weighted by atomic mass is 9.92. The van der Waals surface area contributed by atoms with Crippen molar-refractivity contribution in [3.63, 3.8) is 0 Å². The number of ether oxygens (including phenoxy) is 2. The number of nitrogens with one attached hydrogen (secondary N) is 1. The summed E-state index contributed by atoms with van der Waals surface area (Å²) in [7, 11) is 1.33. The Bertz CT molecular complexity index is 1110. The van der Waals surface area contributed by atoms with Crippen molar-refractivity contribution in [1.82, 2.24) is 9.88 Å². The Morgan fingerprint density at radius 2 is 1.94 bits per heavy atom. The molecule has 0 fully saturated rings. The molecule has 6 nitrogen and oxygen atoms in total. The molecule has 1 aliphatic heterocycles. The average molecular weight is 441 g/mol. The molecule has 31 heavy (non-hydrogen) atoms. The first-order chi connectivity index (χ1) is 15.0. The summed E-state index contributed by atoms with van der Waals surface area (Å²) in [5.74, 6) is 0.324. The third kappa shape index (κ3) is 4.26. The molecule has 0 spiro atoms. The normalized spacial score (nSPS) is 15.6. The summed E-state index contributed by atoms with van der Waals surface area (Å²) in [6, 6.07) is 13.3. The van der Waals surface area contributed by atoms with Crippen LogP contribution in [0, 0.1) is 0 Å². The highest BCUT2D eigenvalue weighted by Gasteiger charge is 2.34. The lowest BCUT2D eigenvalue weighted by Gasteiger charge is -2.36. The van der Waals surface area contributed by atoms with Crippen LogP contribution in [0.3, 0.4) is 0 Å². The maximum Gasteiger partial charge on any atom is 0.306 e. The summed E-state index contributed by atoms with van der Waals surface area (Å²) in [6.07, 6.45) is 0.895. The predicted octanol–water partition coefficient (Wildman–Crippen LogP) is 4.65. The molecular weight excluding hydrogens is 416 g/mol. The number of nitrogens with zero attached hydrogens (tertiary/aromatic N) is 1. The molecule has 1 N–H and O–H groups in total. The number of fused-ring (bicyclic) bond motifs is 3. The SMILES string of the molecule is CCOc1ccc(C2c3[nH]c4ccc(Cl)cc4c3CCN2C(=O)CCC(=O)OC)cc1. The molecule has 1 unspecified atom stereocenters. The molecule has 0 saturated carbocycles. The van der Waals surface area contributed by atoms with E-state index in [-0.39, 0.29) is 30.8 Å². The fraction of sp³-hybridized carbons (Fsp3) is 0.333. The van der Waals surface area contributed by atoms with Crippen molar-refractivity contribution >= 4 is 34.4 Å². The van der Waals surface area contributed by atoms with E-state index < -0.39 is 0 Å². The number of amides is 1. The fourth-order valence-corrected chi connectivity index (χ4v) is 4.42. The van der Waals surface area contributed by atoms with Crippen molar-refractivity contribution < 1.29 is 19.1 Å². The number of H-pyrrole nitrogens is 1. The van der Waals surface area contributed by atoms with E-state index in [9.17, 15) is 9.59 Å². The van der Waals surface area contributed by atoms with Gasteiger partial charge in [0.15, 0.2) is 0 Å². The number of carbonyl (C=O) groups excluding carboxylic acids is 2. The van der Waals surface area contributed by atoms with Crippen LogP contribution in [0.15, 0.2) is 42.5 Å². The van der Waals surface area contributed by atoms with Gasteiger partial charge in [-0.2, -0.15) is 0 Å². The third-order valence-electron chi connectivity index (χ3n) is 5.69. The molecule has 1 amide bonds. The summed E-state index contributed by atoms with van der Waals surface area (Å²) in [5, 5.41) is 1.77. The Kier molecular flexibility index (Phi) is 6.18. The molecule has 1 aliphatic rings. The van der Waals surface area contributed by atoms with Gasteiger partial charge in [0.1, 0.15) is 5.75 Å². The van der Waals surface area contributed by atoms with E-state index in [2.05, 4.69) is 4.98 Å². The van der Waals surface area contributed by atoms with Gasteiger partial charge in [-0.15, -0.1) is 0 Å². The molecule has 1 atom stereocenters. The van der Waals surface area contributed by atoms with Crippen molar-refractivity contribution in [3.05, 3.63) is 64.3 Å². The highest BCUT2D eigenvalue weighted by molar-refractivity contribution is 6.31. The molecule has 3 aromatic rings. The van der Waals surface area contributed by atoms with E-state index in [0.717, 1.165) is 27.9 Å². The van der Waals surface area contributed by atoms with Crippen molar-refractivity contribution in [2.75, 3.05) is 20.3 Å². The summed E-state index contributed by atoms with van der Waals surface area (Å²) in [6.45, 7) is 3.09. The Morgan fingerprint density at radius 3 is 2.65 bits per heavy atom. The van der Waals surface area contributed by atoms with Crippen LogP contribution in [0.1, 0.15) is 42.6 Å². The number of benzene rings is 2. The number of aromatic amines is 1. The molecule has 4 rings (SSSR count). The Labute approximate surface area is 186 Å². The summed E-state index contributed by atoms with van der Waals surface area (Å²) in [4.78, 5) is 30.0. The molecular formula is C24H25ClN2O4. The second kappa shape index (κ2) is 9.02. The molecule has 0 saturated heterocycles. The van der Waals surface area contributed by atoms with Crippen LogP contribution >= 0.6 is 11.6 Å². The number of hydrogen-bond acceptors (Lipinski definition) is 4. The van der Waals surface area contributed by atoms with Gasteiger partial charge in [-0.1, -0.05) is 23.7 Å². The summed E-state index contributed by atoms with van der Waals surface area (Å²) >= 11 is 6.25. The molecule has 1 aromatic heterocycles. The van der Waals surface area contributed by atoms with Crippen molar-refractivity contribution in [1.29, 1.82) is 0 Å². The fourth-order valence-electron chi connectivity index (χ4n) is 4.24. The molecule has 162 valence electrons. The number of aromatic nitrogens is 1. The van der Waals surface area contributed by atoms with Gasteiger partial charge in [0.2, 0.25) is 5.91 Å². The third-order valence-corrected chi connectivity index (χ3v) is 5.92. The first-order valence-corrected chi connectivity index (χ1v) is 10.8. The van der Waals surface area contributed by atoms with Crippen LogP contribution < -0.4 is 4.74 Å². The summed E-state index contributed by atoms with van der Waals surface area (Å²) in [5.41, 5.74) is 4.13. The zero-order valence-corrected chi connectivity index (χ0v) is 18.4. The minimum Gasteiger partial charge on any atom is -0.494 e. The van der Waals surface area contributed by atoms with E-state index in [0.29, 0.717) is 24.6 Å². The van der Waals surface area contributed by atoms with E-state index in [1.807, 2.05) is 54.3 Å². The molecule has 0 aliphatic carbocycles. The largest absolute Gasteiger partial charge is 0.494 e. The first kappa shape index (κ1) is 21.2. The maximum atomic E-state index is 13.1. The van der Waals surface area contributed by atoms with Gasteiger partial charge in [0, 0.05) is 34.6 Å². The quantitative estimate of drug-likeness (QED) is 0.566. The number of methoxy groups -OCH3 is 1. The van der Waals surface area contributed by atoms with Gasteiger partial charge < -0.3 is 19.4 Å². The van der Waals surface area contributed by atoms with Gasteiger partial charge >= 0.3 is 5.97 Å². The van der Waals surface area contributed by atoms with Crippen LogP contribution in [0.4, 0.5) is 0 Å². The number of carbonyl (C=O) groups is 2. The van der Waals surface area contributed by atoms with Crippen LogP contribution in [-0.4, -0.2) is 42.0 Å². The Hall–Kier alpha value is -2.99. The highest BCUT2D eigenvalue weighted by Crippen LogP contribution is 2.39. The molecule has 2 heterocycles. The number of rotatable bonds is 6. The van der Waals surface area contributed by atoms with E-state index >= 15 is 0 Å². The number of hydrogen-bond donors (Lipinski definition) is 1. The van der Waals surface area contributed by atoms with E-state index in [1.54, 1.807) is 0 Å². The first-order valence-electron chi connectivity index (χ1n) is 10.4. The van der Waals surface area contributed by atoms with Crippen LogP contribution in [0.5, 0.6) is 5.75 Å². The zero-order chi connectivity index (χ0) is 22.0. The molecule has 0 bridgehead atoms. The highest BCUT2D eigenvalue weighted by atomic mass is 35.5. The lowest BCUT2D eigenvalue weighted by molar-refractivity contribution is -0.144. The van der Waals surface area contributed by atoms with Crippen LogP contribution in [0.2, 0.25) is 5.02 Å². The van der Waals surface area contributed by atoms with Crippen LogP contribution in [0.25, 0.3) is 10.9 Å². The van der Waals surface area contributed by atoms with Gasteiger partial charge in [0.25, 0.3) is 0 Å². The second-order valence-electron chi connectivity index (χ2n) is 7.52. The number of esters is 1. The second-order valence-corrected chi connectivity index (χ2v) is 7.96. The standard InChI is InChI=1S/C24H25ClN2O4/c1-3-31-17-7-4-15(5-8-17)24-23-18(19-14-16(25)6-9-20(19)26-23)12-13-27(24)21(28)10-11-22(29)30-2/h4-9,14,24,26H,3,10-13H2,1-2H3. The molecule has 2 aromatic carbocycles. The topological polar surface area (TPSA) is 71.6 Å². The number of halogens is 1. The monoisotopic (exact) mass is 440 g/mol. The van der Waals surface area contributed by atoms with Crippen molar-refractivity contribution in [3.8, 4) is 5.75 Å². The minimum absolute atomic E-state index is 0.0665. The maximum absolute atomic E-state index is 13.1.